The quantitative estimate of drug-likeness (QED) is 0.851. The first-order valence-electron chi connectivity index (χ1n) is 6.22. The van der Waals surface area contributed by atoms with Crippen molar-refractivity contribution in [2.45, 2.75) is 26.3 Å². The minimum absolute atomic E-state index is 0.0350. The van der Waals surface area contributed by atoms with Gasteiger partial charge in [0.15, 0.2) is 9.84 Å². The highest BCUT2D eigenvalue weighted by molar-refractivity contribution is 7.94. The van der Waals surface area contributed by atoms with E-state index in [1.807, 2.05) is 31.2 Å². The number of anilines is 1. The van der Waals surface area contributed by atoms with Crippen LogP contribution in [-0.2, 0) is 14.6 Å². The zero-order valence-corrected chi connectivity index (χ0v) is 11.9. The summed E-state index contributed by atoms with van der Waals surface area (Å²) in [5, 5.41) is 1.20. The van der Waals surface area contributed by atoms with Gasteiger partial charge in [-0.1, -0.05) is 19.1 Å². The third-order valence-corrected chi connectivity index (χ3v) is 4.47. The van der Waals surface area contributed by atoms with Crippen LogP contribution in [0, 0.1) is 6.92 Å². The normalized spacial score (nSPS) is 20.4. The van der Waals surface area contributed by atoms with Crippen LogP contribution in [0.2, 0.25) is 0 Å². The number of carbonyl (C=O) groups is 1. The molecule has 0 spiro atoms. The summed E-state index contributed by atoms with van der Waals surface area (Å²) in [6.07, 6.45) is 1.93. The van der Waals surface area contributed by atoms with Crippen LogP contribution in [0.25, 0.3) is 0 Å². The minimum atomic E-state index is -3.17. The summed E-state index contributed by atoms with van der Waals surface area (Å²) in [5.74, 6) is -0.107. The van der Waals surface area contributed by atoms with Crippen molar-refractivity contribution in [1.29, 1.82) is 0 Å². The maximum Gasteiger partial charge on any atom is 0.227 e. The molecule has 1 amide bonds. The molecule has 19 heavy (non-hydrogen) atoms. The Bertz CT molecular complexity index is 619. The van der Waals surface area contributed by atoms with E-state index in [2.05, 4.69) is 0 Å². The van der Waals surface area contributed by atoms with E-state index >= 15 is 0 Å². The number of hydrogen-bond acceptors (Lipinski definition) is 3. The molecule has 2 rings (SSSR count). The molecule has 1 aromatic carbocycles. The van der Waals surface area contributed by atoms with Crippen LogP contribution in [0.15, 0.2) is 35.7 Å². The zero-order valence-electron chi connectivity index (χ0n) is 11.0. The SMILES string of the molecule is CCC(=O)N(c1cccc(C)c1)C1C=CS(=O)(=O)C1. The number of amides is 1. The highest BCUT2D eigenvalue weighted by atomic mass is 32.2. The molecule has 5 heteroatoms. The molecule has 0 aliphatic carbocycles. The van der Waals surface area contributed by atoms with Crippen molar-refractivity contribution in [3.05, 3.63) is 41.3 Å². The van der Waals surface area contributed by atoms with Gasteiger partial charge in [0.05, 0.1) is 11.8 Å². The molecule has 0 bridgehead atoms. The van der Waals surface area contributed by atoms with Gasteiger partial charge in [0.1, 0.15) is 0 Å². The molecular weight excluding hydrogens is 262 g/mol. The van der Waals surface area contributed by atoms with Gasteiger partial charge in [-0.3, -0.25) is 4.79 Å². The van der Waals surface area contributed by atoms with Crippen LogP contribution >= 0.6 is 0 Å². The highest BCUT2D eigenvalue weighted by Crippen LogP contribution is 2.24. The molecule has 1 heterocycles. The Labute approximate surface area is 113 Å². The van der Waals surface area contributed by atoms with E-state index in [0.29, 0.717) is 6.42 Å². The Morgan fingerprint density at radius 1 is 1.42 bits per heavy atom. The average molecular weight is 279 g/mol. The standard InChI is InChI=1S/C14H17NO3S/c1-3-14(16)15(12-6-4-5-11(2)9-12)13-7-8-19(17,18)10-13/h4-9,13H,3,10H2,1-2H3. The van der Waals surface area contributed by atoms with E-state index in [-0.39, 0.29) is 11.7 Å². The number of sulfone groups is 1. The van der Waals surface area contributed by atoms with Crippen LogP contribution in [0.4, 0.5) is 5.69 Å². The van der Waals surface area contributed by atoms with Gasteiger partial charge in [0, 0.05) is 17.5 Å². The first kappa shape index (κ1) is 13.8. The molecule has 102 valence electrons. The maximum atomic E-state index is 12.1. The van der Waals surface area contributed by atoms with Crippen molar-refractivity contribution in [3.63, 3.8) is 0 Å². The summed E-state index contributed by atoms with van der Waals surface area (Å²) in [6.45, 7) is 3.72. The van der Waals surface area contributed by atoms with Gasteiger partial charge < -0.3 is 4.90 Å². The van der Waals surface area contributed by atoms with E-state index in [1.54, 1.807) is 17.9 Å². The second-order valence-corrected chi connectivity index (χ2v) is 6.61. The Morgan fingerprint density at radius 3 is 2.68 bits per heavy atom. The second-order valence-electron chi connectivity index (χ2n) is 4.68. The van der Waals surface area contributed by atoms with E-state index in [9.17, 15) is 13.2 Å². The molecule has 0 saturated heterocycles. The third kappa shape index (κ3) is 3.04. The zero-order chi connectivity index (χ0) is 14.0. The monoisotopic (exact) mass is 279 g/mol. The van der Waals surface area contributed by atoms with Gasteiger partial charge in [0.25, 0.3) is 0 Å². The number of nitrogens with zero attached hydrogens (tertiary/aromatic N) is 1. The average Bonchev–Trinajstić information content (AvgIpc) is 2.69. The third-order valence-electron chi connectivity index (χ3n) is 3.09. The fourth-order valence-electron chi connectivity index (χ4n) is 2.19. The number of aryl methyl sites for hydroxylation is 1. The number of benzene rings is 1. The largest absolute Gasteiger partial charge is 0.304 e. The highest BCUT2D eigenvalue weighted by Gasteiger charge is 2.30. The Morgan fingerprint density at radius 2 is 2.16 bits per heavy atom. The van der Waals surface area contributed by atoms with Gasteiger partial charge in [0.2, 0.25) is 5.91 Å². The summed E-state index contributed by atoms with van der Waals surface area (Å²) in [6, 6.07) is 7.14. The molecular formula is C14H17NO3S. The predicted molar refractivity (Wildman–Crippen MR) is 75.7 cm³/mol. The lowest BCUT2D eigenvalue weighted by Gasteiger charge is -2.27. The molecule has 4 nitrogen and oxygen atoms in total. The van der Waals surface area contributed by atoms with Gasteiger partial charge in [-0.25, -0.2) is 8.42 Å². The van der Waals surface area contributed by atoms with E-state index in [0.717, 1.165) is 11.3 Å². The van der Waals surface area contributed by atoms with Crippen LogP contribution in [0.5, 0.6) is 0 Å². The van der Waals surface area contributed by atoms with Gasteiger partial charge in [-0.05, 0) is 30.7 Å². The van der Waals surface area contributed by atoms with Crippen LogP contribution < -0.4 is 4.90 Å². The van der Waals surface area contributed by atoms with Crippen LogP contribution in [0.1, 0.15) is 18.9 Å². The summed E-state index contributed by atoms with van der Waals surface area (Å²) >= 11 is 0. The molecule has 0 aromatic heterocycles. The summed E-state index contributed by atoms with van der Waals surface area (Å²) in [4.78, 5) is 13.7. The van der Waals surface area contributed by atoms with Crippen LogP contribution in [-0.4, -0.2) is 26.1 Å². The van der Waals surface area contributed by atoms with Crippen molar-refractivity contribution >= 4 is 21.4 Å². The summed E-state index contributed by atoms with van der Waals surface area (Å²) in [7, 11) is -3.17. The number of hydrogen-bond donors (Lipinski definition) is 0. The molecule has 1 aliphatic heterocycles. The molecule has 0 N–H and O–H groups in total. The molecule has 1 unspecified atom stereocenters. The van der Waals surface area contributed by atoms with Crippen molar-refractivity contribution in [1.82, 2.24) is 0 Å². The van der Waals surface area contributed by atoms with Crippen molar-refractivity contribution < 1.29 is 13.2 Å². The lowest BCUT2D eigenvalue weighted by Crippen LogP contribution is -2.40. The molecule has 0 saturated carbocycles. The second kappa shape index (κ2) is 5.17. The van der Waals surface area contributed by atoms with Gasteiger partial charge in [-0.15, -0.1) is 0 Å². The Hall–Kier alpha value is -1.62. The van der Waals surface area contributed by atoms with E-state index in [1.165, 1.54) is 5.41 Å². The molecule has 1 atom stereocenters. The number of rotatable bonds is 3. The Balaban J connectivity index is 2.38. The lowest BCUT2D eigenvalue weighted by atomic mass is 10.1. The van der Waals surface area contributed by atoms with Gasteiger partial charge in [-0.2, -0.15) is 0 Å². The maximum absolute atomic E-state index is 12.1. The smallest absolute Gasteiger partial charge is 0.227 e. The lowest BCUT2D eigenvalue weighted by molar-refractivity contribution is -0.118. The first-order chi connectivity index (χ1) is 8.93. The fourth-order valence-corrected chi connectivity index (χ4v) is 3.46. The number of carbonyl (C=O) groups excluding carboxylic acids is 1. The topological polar surface area (TPSA) is 54.5 Å². The van der Waals surface area contributed by atoms with Gasteiger partial charge >= 0.3 is 0 Å². The van der Waals surface area contributed by atoms with Crippen molar-refractivity contribution in [2.24, 2.45) is 0 Å². The van der Waals surface area contributed by atoms with E-state index < -0.39 is 15.9 Å². The minimum Gasteiger partial charge on any atom is -0.304 e. The van der Waals surface area contributed by atoms with Crippen molar-refractivity contribution in [3.8, 4) is 0 Å². The summed E-state index contributed by atoms with van der Waals surface area (Å²) in [5.41, 5.74) is 1.79. The first-order valence-corrected chi connectivity index (χ1v) is 7.94. The predicted octanol–water partition coefficient (Wildman–Crippen LogP) is 2.05. The van der Waals surface area contributed by atoms with E-state index in [4.69, 9.17) is 0 Å². The summed E-state index contributed by atoms with van der Waals surface area (Å²) < 4.78 is 23.1. The van der Waals surface area contributed by atoms with Crippen molar-refractivity contribution in [2.75, 3.05) is 10.7 Å². The molecule has 0 radical (unpaired) electrons. The van der Waals surface area contributed by atoms with Crippen LogP contribution in [0.3, 0.4) is 0 Å². The molecule has 1 aliphatic rings. The molecule has 0 fully saturated rings. The Kier molecular flexibility index (Phi) is 3.75. The molecule has 1 aromatic rings. The fraction of sp³-hybridized carbons (Fsp3) is 0.357.